The Kier molecular flexibility index (Phi) is 2.68. The van der Waals surface area contributed by atoms with Gasteiger partial charge in [0.1, 0.15) is 17.4 Å². The average molecular weight is 225 g/mol. The van der Waals surface area contributed by atoms with Crippen LogP contribution in [-0.2, 0) is 9.59 Å². The Balaban J connectivity index is 2.33. The first-order valence-electron chi connectivity index (χ1n) is 4.85. The van der Waals surface area contributed by atoms with Gasteiger partial charge in [-0.15, -0.1) is 0 Å². The number of Topliss-reactive ketones (excluding diaryl/α,β-unsaturated/α-hetero) is 1. The van der Waals surface area contributed by atoms with Gasteiger partial charge in [0.15, 0.2) is 0 Å². The smallest absolute Gasteiger partial charge is 0.234 e. The molecule has 0 N–H and O–H groups in total. The van der Waals surface area contributed by atoms with Crippen molar-refractivity contribution in [3.63, 3.8) is 0 Å². The zero-order valence-corrected chi connectivity index (χ0v) is 8.37. The Hall–Kier alpha value is -1.78. The summed E-state index contributed by atoms with van der Waals surface area (Å²) in [5.41, 5.74) is -0.0995. The molecule has 1 aliphatic rings. The fraction of sp³-hybridized carbons (Fsp3) is 0.273. The van der Waals surface area contributed by atoms with Crippen LogP contribution in [0, 0.1) is 11.6 Å². The summed E-state index contributed by atoms with van der Waals surface area (Å²) >= 11 is 0. The monoisotopic (exact) mass is 225 g/mol. The lowest BCUT2D eigenvalue weighted by molar-refractivity contribution is -0.128. The Labute approximate surface area is 90.7 Å². The molecule has 16 heavy (non-hydrogen) atoms. The van der Waals surface area contributed by atoms with Gasteiger partial charge >= 0.3 is 0 Å². The largest absolute Gasteiger partial charge is 0.309 e. The van der Waals surface area contributed by atoms with E-state index in [4.69, 9.17) is 0 Å². The zero-order chi connectivity index (χ0) is 11.7. The molecule has 1 aromatic carbocycles. The molecule has 1 amide bonds. The minimum atomic E-state index is -0.663. The van der Waals surface area contributed by atoms with E-state index in [0.717, 1.165) is 23.1 Å². The highest BCUT2D eigenvalue weighted by Gasteiger charge is 2.26. The van der Waals surface area contributed by atoms with Crippen molar-refractivity contribution in [1.82, 2.24) is 0 Å². The van der Waals surface area contributed by atoms with Gasteiger partial charge < -0.3 is 4.90 Å². The second-order valence-corrected chi connectivity index (χ2v) is 3.61. The Morgan fingerprint density at radius 3 is 2.62 bits per heavy atom. The summed E-state index contributed by atoms with van der Waals surface area (Å²) in [6.07, 6.45) is -0.0579. The van der Waals surface area contributed by atoms with Crippen LogP contribution in [0.5, 0.6) is 0 Å². The summed E-state index contributed by atoms with van der Waals surface area (Å²) < 4.78 is 26.3. The number of piperidine rings is 1. The van der Waals surface area contributed by atoms with E-state index in [2.05, 4.69) is 0 Å². The average Bonchev–Trinajstić information content (AvgIpc) is 2.22. The normalized spacial score (nSPS) is 16.8. The van der Waals surface area contributed by atoms with Crippen LogP contribution >= 0.6 is 0 Å². The molecule has 1 heterocycles. The van der Waals surface area contributed by atoms with Gasteiger partial charge in [-0.25, -0.2) is 8.78 Å². The van der Waals surface area contributed by atoms with Gasteiger partial charge in [0.2, 0.25) is 5.91 Å². The van der Waals surface area contributed by atoms with Gasteiger partial charge in [0.25, 0.3) is 0 Å². The molecule has 0 bridgehead atoms. The third-order valence-electron chi connectivity index (χ3n) is 2.46. The molecule has 1 aliphatic heterocycles. The Bertz CT molecular complexity index is 459. The van der Waals surface area contributed by atoms with E-state index >= 15 is 0 Å². The molecule has 0 radical (unpaired) electrons. The van der Waals surface area contributed by atoms with Crippen molar-refractivity contribution in [2.75, 3.05) is 11.4 Å². The molecule has 0 aliphatic carbocycles. The molecular formula is C11H9F2NO2. The number of ketones is 1. The van der Waals surface area contributed by atoms with E-state index in [0.29, 0.717) is 0 Å². The molecule has 1 aromatic rings. The van der Waals surface area contributed by atoms with Gasteiger partial charge in [-0.1, -0.05) is 0 Å². The number of hydrogen-bond acceptors (Lipinski definition) is 2. The van der Waals surface area contributed by atoms with E-state index in [9.17, 15) is 18.4 Å². The predicted octanol–water partition coefficient (Wildman–Crippen LogP) is 1.66. The number of halogens is 2. The van der Waals surface area contributed by atoms with Gasteiger partial charge in [-0.2, -0.15) is 0 Å². The van der Waals surface area contributed by atoms with E-state index in [1.807, 2.05) is 0 Å². The maximum absolute atomic E-state index is 13.4. The lowest BCUT2D eigenvalue weighted by atomic mass is 10.1. The third kappa shape index (κ3) is 1.93. The van der Waals surface area contributed by atoms with E-state index in [1.54, 1.807) is 0 Å². The van der Waals surface area contributed by atoms with Gasteiger partial charge in [-0.05, 0) is 12.1 Å². The maximum atomic E-state index is 13.4. The van der Waals surface area contributed by atoms with E-state index in [1.165, 1.54) is 0 Å². The first-order chi connectivity index (χ1) is 7.58. The molecule has 0 unspecified atom stereocenters. The minimum absolute atomic E-state index is 0.0995. The number of rotatable bonds is 1. The first-order valence-corrected chi connectivity index (χ1v) is 4.85. The summed E-state index contributed by atoms with van der Waals surface area (Å²) in [5, 5.41) is 0. The second kappa shape index (κ2) is 4.00. The number of hydrogen-bond donors (Lipinski definition) is 0. The van der Waals surface area contributed by atoms with Crippen LogP contribution in [0.1, 0.15) is 12.8 Å². The van der Waals surface area contributed by atoms with Crippen molar-refractivity contribution in [3.8, 4) is 0 Å². The Morgan fingerprint density at radius 1 is 1.19 bits per heavy atom. The SMILES string of the molecule is O=C1CCN(c2cc(F)ccc2F)C(=O)C1. The van der Waals surface area contributed by atoms with Crippen LogP contribution in [-0.4, -0.2) is 18.2 Å². The number of nitrogens with zero attached hydrogens (tertiary/aromatic N) is 1. The summed E-state index contributed by atoms with van der Waals surface area (Å²) in [4.78, 5) is 23.6. The number of anilines is 1. The van der Waals surface area contributed by atoms with E-state index < -0.39 is 17.5 Å². The van der Waals surface area contributed by atoms with Gasteiger partial charge in [0.05, 0.1) is 12.1 Å². The number of carbonyl (C=O) groups is 2. The molecule has 84 valence electrons. The summed E-state index contributed by atoms with van der Waals surface area (Å²) in [5.74, 6) is -1.93. The lowest BCUT2D eigenvalue weighted by Crippen LogP contribution is -2.39. The molecular weight excluding hydrogens is 216 g/mol. The quantitative estimate of drug-likeness (QED) is 0.681. The van der Waals surface area contributed by atoms with Crippen molar-refractivity contribution in [3.05, 3.63) is 29.8 Å². The number of carbonyl (C=O) groups excluding carboxylic acids is 2. The molecule has 5 heteroatoms. The standard InChI is InChI=1S/C11H9F2NO2/c12-7-1-2-9(13)10(5-7)14-4-3-8(15)6-11(14)16/h1-2,5H,3-4,6H2. The number of benzene rings is 1. The minimum Gasteiger partial charge on any atom is -0.309 e. The highest BCUT2D eigenvalue weighted by molar-refractivity contribution is 6.08. The topological polar surface area (TPSA) is 37.4 Å². The molecule has 1 saturated heterocycles. The van der Waals surface area contributed by atoms with Crippen LogP contribution in [0.3, 0.4) is 0 Å². The molecule has 0 spiro atoms. The molecule has 1 fully saturated rings. The third-order valence-corrected chi connectivity index (χ3v) is 2.46. The highest BCUT2D eigenvalue weighted by atomic mass is 19.1. The number of amides is 1. The van der Waals surface area contributed by atoms with Gasteiger partial charge in [0, 0.05) is 19.0 Å². The first kappa shape index (κ1) is 10.7. The molecule has 0 aromatic heterocycles. The van der Waals surface area contributed by atoms with E-state index in [-0.39, 0.29) is 30.9 Å². The molecule has 3 nitrogen and oxygen atoms in total. The fourth-order valence-electron chi connectivity index (χ4n) is 1.66. The van der Waals surface area contributed by atoms with Gasteiger partial charge in [-0.3, -0.25) is 9.59 Å². The van der Waals surface area contributed by atoms with Crippen molar-refractivity contribution in [2.24, 2.45) is 0 Å². The fourth-order valence-corrected chi connectivity index (χ4v) is 1.66. The predicted molar refractivity (Wildman–Crippen MR) is 53.0 cm³/mol. The Morgan fingerprint density at radius 2 is 1.94 bits per heavy atom. The highest BCUT2D eigenvalue weighted by Crippen LogP contribution is 2.23. The lowest BCUT2D eigenvalue weighted by Gasteiger charge is -2.26. The summed E-state index contributed by atoms with van der Waals surface area (Å²) in [7, 11) is 0. The summed E-state index contributed by atoms with van der Waals surface area (Å²) in [6.45, 7) is 0.109. The summed E-state index contributed by atoms with van der Waals surface area (Å²) in [6, 6.07) is 2.91. The van der Waals surface area contributed by atoms with Crippen LogP contribution in [0.2, 0.25) is 0 Å². The van der Waals surface area contributed by atoms with Crippen LogP contribution in [0.4, 0.5) is 14.5 Å². The van der Waals surface area contributed by atoms with Crippen molar-refractivity contribution in [2.45, 2.75) is 12.8 Å². The molecule has 2 rings (SSSR count). The van der Waals surface area contributed by atoms with Crippen molar-refractivity contribution in [1.29, 1.82) is 0 Å². The van der Waals surface area contributed by atoms with Crippen molar-refractivity contribution < 1.29 is 18.4 Å². The van der Waals surface area contributed by atoms with Crippen molar-refractivity contribution >= 4 is 17.4 Å². The molecule has 0 saturated carbocycles. The van der Waals surface area contributed by atoms with Crippen LogP contribution < -0.4 is 4.90 Å². The molecule has 0 atom stereocenters. The van der Waals surface area contributed by atoms with Crippen LogP contribution in [0.15, 0.2) is 18.2 Å². The van der Waals surface area contributed by atoms with Crippen LogP contribution in [0.25, 0.3) is 0 Å². The zero-order valence-electron chi connectivity index (χ0n) is 8.37. The second-order valence-electron chi connectivity index (χ2n) is 3.61. The maximum Gasteiger partial charge on any atom is 0.234 e.